The van der Waals surface area contributed by atoms with E-state index in [1.54, 1.807) is 17.0 Å². The number of carbonyl (C=O) groups excluding carboxylic acids is 1. The van der Waals surface area contributed by atoms with Gasteiger partial charge in [0, 0.05) is 35.7 Å². The van der Waals surface area contributed by atoms with Gasteiger partial charge in [0.25, 0.3) is 11.6 Å². The lowest BCUT2D eigenvalue weighted by atomic mass is 9.82. The Morgan fingerprint density at radius 3 is 2.37 bits per heavy atom. The number of fused-ring (bicyclic) bond motifs is 1. The second-order valence-corrected chi connectivity index (χ2v) is 9.42. The van der Waals surface area contributed by atoms with Gasteiger partial charge in [0.2, 0.25) is 0 Å². The summed E-state index contributed by atoms with van der Waals surface area (Å²) in [4.78, 5) is 31.9. The molecule has 1 saturated carbocycles. The molecule has 1 aliphatic carbocycles. The fourth-order valence-electron chi connectivity index (χ4n) is 5.30. The fourth-order valence-corrected chi connectivity index (χ4v) is 5.30. The molecule has 0 unspecified atom stereocenters. The molecule has 1 aliphatic heterocycles. The smallest absolute Gasteiger partial charge is 0.269 e. The third-order valence-electron chi connectivity index (χ3n) is 7.04. The lowest BCUT2D eigenvalue weighted by molar-refractivity contribution is -0.384. The van der Waals surface area contributed by atoms with Crippen LogP contribution in [0.15, 0.2) is 83.9 Å². The van der Waals surface area contributed by atoms with Crippen LogP contribution >= 0.6 is 0 Å². The van der Waals surface area contributed by atoms with E-state index in [4.69, 9.17) is 4.99 Å². The highest BCUT2D eigenvalue weighted by Crippen LogP contribution is 2.35. The van der Waals surface area contributed by atoms with Gasteiger partial charge in [0.1, 0.15) is 6.04 Å². The van der Waals surface area contributed by atoms with Gasteiger partial charge in [-0.1, -0.05) is 79.9 Å². The van der Waals surface area contributed by atoms with Crippen molar-refractivity contribution in [1.82, 2.24) is 0 Å². The third-order valence-corrected chi connectivity index (χ3v) is 7.04. The van der Waals surface area contributed by atoms with Crippen molar-refractivity contribution in [3.8, 4) is 0 Å². The second kappa shape index (κ2) is 10.2. The monoisotopic (exact) mass is 467 g/mol. The van der Waals surface area contributed by atoms with E-state index in [1.165, 1.54) is 25.3 Å². The van der Waals surface area contributed by atoms with E-state index in [0.717, 1.165) is 40.9 Å². The van der Waals surface area contributed by atoms with E-state index >= 15 is 0 Å². The van der Waals surface area contributed by atoms with Crippen LogP contribution in [0.5, 0.6) is 0 Å². The minimum absolute atomic E-state index is 0.0260. The predicted molar refractivity (Wildman–Crippen MR) is 138 cm³/mol. The number of amides is 1. The van der Waals surface area contributed by atoms with E-state index in [1.807, 2.05) is 54.6 Å². The molecule has 6 nitrogen and oxygen atoms in total. The van der Waals surface area contributed by atoms with Crippen molar-refractivity contribution in [2.24, 2.45) is 10.9 Å². The number of hydrogen-bond donors (Lipinski definition) is 0. The zero-order chi connectivity index (χ0) is 24.2. The number of anilines is 1. The van der Waals surface area contributed by atoms with Crippen LogP contribution in [0.4, 0.5) is 11.4 Å². The highest BCUT2D eigenvalue weighted by Gasteiger charge is 2.34. The minimum atomic E-state index is -0.541. The number of non-ortho nitro benzene ring substituents is 1. The number of benzodiazepines with no additional fused rings is 1. The summed E-state index contributed by atoms with van der Waals surface area (Å²) in [6, 6.07) is 24.0. The lowest BCUT2D eigenvalue weighted by Crippen LogP contribution is -2.38. The summed E-state index contributed by atoms with van der Waals surface area (Å²) in [5, 5.41) is 11.3. The van der Waals surface area contributed by atoms with Crippen molar-refractivity contribution >= 4 is 23.0 Å². The van der Waals surface area contributed by atoms with Crippen LogP contribution in [0.2, 0.25) is 0 Å². The summed E-state index contributed by atoms with van der Waals surface area (Å²) in [6.45, 7) is 0.260. The van der Waals surface area contributed by atoms with Gasteiger partial charge in [0.05, 0.1) is 17.2 Å². The summed E-state index contributed by atoms with van der Waals surface area (Å²) < 4.78 is 0. The first kappa shape index (κ1) is 23.0. The van der Waals surface area contributed by atoms with Gasteiger partial charge in [-0.25, -0.2) is 0 Å². The molecule has 0 spiro atoms. The standard InChI is InChI=1S/C29H29N3O3/c33-29-26(19-21-10-3-1-4-11-21)30-28(23-13-5-2-6-14-23)25-16-7-8-17-27(25)31(29)20-22-12-9-15-24(18-22)32(34)35/h1,3-4,7-12,15-18,23,26H,2,5-6,13-14,19-20H2/t26-/m0/s1. The number of carbonyl (C=O) groups is 1. The molecule has 35 heavy (non-hydrogen) atoms. The quantitative estimate of drug-likeness (QED) is 0.324. The summed E-state index contributed by atoms with van der Waals surface area (Å²) in [6.07, 6.45) is 6.31. The molecular weight excluding hydrogens is 438 g/mol. The first-order valence-electron chi connectivity index (χ1n) is 12.4. The Hall–Kier alpha value is -3.80. The lowest BCUT2D eigenvalue weighted by Gasteiger charge is -2.26. The van der Waals surface area contributed by atoms with Gasteiger partial charge in [0.15, 0.2) is 0 Å². The first-order valence-corrected chi connectivity index (χ1v) is 12.4. The topological polar surface area (TPSA) is 75.8 Å². The number of aliphatic imine (C=N–C) groups is 1. The summed E-state index contributed by atoms with van der Waals surface area (Å²) >= 11 is 0. The molecule has 3 aromatic rings. The van der Waals surface area contributed by atoms with Crippen molar-refractivity contribution < 1.29 is 9.72 Å². The van der Waals surface area contributed by atoms with E-state index in [0.29, 0.717) is 12.3 Å². The van der Waals surface area contributed by atoms with Gasteiger partial charge in [-0.05, 0) is 30.0 Å². The Morgan fingerprint density at radius 1 is 0.886 bits per heavy atom. The Labute approximate surface area is 205 Å². The van der Waals surface area contributed by atoms with Crippen LogP contribution < -0.4 is 4.90 Å². The molecule has 3 aromatic carbocycles. The Bertz CT molecular complexity index is 1250. The van der Waals surface area contributed by atoms with Crippen LogP contribution in [0.25, 0.3) is 0 Å². The Kier molecular flexibility index (Phi) is 6.70. The highest BCUT2D eigenvalue weighted by molar-refractivity contribution is 6.13. The van der Waals surface area contributed by atoms with E-state index in [-0.39, 0.29) is 18.1 Å². The minimum Gasteiger partial charge on any atom is -0.305 e. The van der Waals surface area contributed by atoms with Gasteiger partial charge in [-0.15, -0.1) is 0 Å². The molecule has 2 aliphatic rings. The molecule has 6 heteroatoms. The summed E-state index contributed by atoms with van der Waals surface area (Å²) in [5.74, 6) is 0.271. The van der Waals surface area contributed by atoms with Gasteiger partial charge < -0.3 is 4.90 Å². The average Bonchev–Trinajstić information content (AvgIpc) is 3.01. The number of nitrogens with zero attached hydrogens (tertiary/aromatic N) is 3. The fraction of sp³-hybridized carbons (Fsp3) is 0.310. The molecule has 0 saturated heterocycles. The molecule has 0 bridgehead atoms. The van der Waals surface area contributed by atoms with Crippen LogP contribution in [0.3, 0.4) is 0 Å². The normalized spacial score (nSPS) is 18.5. The third kappa shape index (κ3) is 5.02. The molecule has 1 atom stereocenters. The Balaban J connectivity index is 1.58. The maximum Gasteiger partial charge on any atom is 0.269 e. The average molecular weight is 468 g/mol. The molecule has 1 fully saturated rings. The molecule has 0 N–H and O–H groups in total. The molecule has 0 radical (unpaired) electrons. The maximum absolute atomic E-state index is 14.0. The van der Waals surface area contributed by atoms with Gasteiger partial charge in [-0.3, -0.25) is 19.9 Å². The molecule has 0 aromatic heterocycles. The number of nitro groups is 1. The van der Waals surface area contributed by atoms with E-state index in [9.17, 15) is 14.9 Å². The molecular formula is C29H29N3O3. The Morgan fingerprint density at radius 2 is 1.60 bits per heavy atom. The largest absolute Gasteiger partial charge is 0.305 e. The van der Waals surface area contributed by atoms with Crippen LogP contribution in [-0.2, 0) is 17.8 Å². The number of benzene rings is 3. The molecule has 178 valence electrons. The number of hydrogen-bond acceptors (Lipinski definition) is 4. The number of rotatable bonds is 6. The zero-order valence-corrected chi connectivity index (χ0v) is 19.7. The van der Waals surface area contributed by atoms with Crippen molar-refractivity contribution in [1.29, 1.82) is 0 Å². The molecule has 1 heterocycles. The summed E-state index contributed by atoms with van der Waals surface area (Å²) in [5.41, 5.74) is 4.70. The summed E-state index contributed by atoms with van der Waals surface area (Å²) in [7, 11) is 0. The molecule has 1 amide bonds. The van der Waals surface area contributed by atoms with Crippen LogP contribution in [0, 0.1) is 16.0 Å². The van der Waals surface area contributed by atoms with Crippen LogP contribution in [0.1, 0.15) is 48.8 Å². The highest BCUT2D eigenvalue weighted by atomic mass is 16.6. The van der Waals surface area contributed by atoms with E-state index in [2.05, 4.69) is 6.07 Å². The number of nitro benzene ring substituents is 1. The number of para-hydroxylation sites is 1. The first-order chi connectivity index (χ1) is 17.1. The van der Waals surface area contributed by atoms with Gasteiger partial charge in [-0.2, -0.15) is 0 Å². The van der Waals surface area contributed by atoms with Crippen molar-refractivity contribution in [3.63, 3.8) is 0 Å². The van der Waals surface area contributed by atoms with Crippen molar-refractivity contribution in [2.75, 3.05) is 4.90 Å². The predicted octanol–water partition coefficient (Wildman–Crippen LogP) is 6.12. The van der Waals surface area contributed by atoms with E-state index < -0.39 is 11.0 Å². The van der Waals surface area contributed by atoms with Crippen LogP contribution in [-0.4, -0.2) is 22.6 Å². The SMILES string of the molecule is O=C1[C@H](Cc2ccccc2)N=C(C2CCCCC2)c2ccccc2N1Cc1cccc([N+](=O)[O-])c1. The second-order valence-electron chi connectivity index (χ2n) is 9.42. The van der Waals surface area contributed by atoms with Crippen molar-refractivity contribution in [3.05, 3.63) is 106 Å². The maximum atomic E-state index is 14.0. The zero-order valence-electron chi connectivity index (χ0n) is 19.7. The van der Waals surface area contributed by atoms with Gasteiger partial charge >= 0.3 is 0 Å². The molecule has 5 rings (SSSR count). The van der Waals surface area contributed by atoms with Crippen molar-refractivity contribution in [2.45, 2.75) is 51.1 Å².